The Kier molecular flexibility index (Phi) is 8.90. The van der Waals surface area contributed by atoms with E-state index >= 15 is 0 Å². The van der Waals surface area contributed by atoms with Crippen LogP contribution in [-0.2, 0) is 11.3 Å². The third kappa shape index (κ3) is 5.88. The van der Waals surface area contributed by atoms with Crippen molar-refractivity contribution in [2.45, 2.75) is 71.6 Å². The van der Waals surface area contributed by atoms with Crippen LogP contribution in [0.4, 0.5) is 5.69 Å². The molecule has 9 heteroatoms. The summed E-state index contributed by atoms with van der Waals surface area (Å²) < 4.78 is 4.05. The summed E-state index contributed by atoms with van der Waals surface area (Å²) in [6.07, 6.45) is 3.08. The summed E-state index contributed by atoms with van der Waals surface area (Å²) in [7, 11) is 4.13. The minimum absolute atomic E-state index is 0.0779. The number of unbranched alkanes of at least 4 members (excludes halogenated alkanes) is 1. The molecule has 3 rings (SSSR count). The molecule has 0 aliphatic rings. The molecule has 1 N–H and O–H groups in total. The van der Waals surface area contributed by atoms with E-state index in [1.807, 2.05) is 30.7 Å². The maximum atomic E-state index is 12.9. The third-order valence-corrected chi connectivity index (χ3v) is 6.92. The maximum absolute atomic E-state index is 12.9. The van der Waals surface area contributed by atoms with Crippen molar-refractivity contribution < 1.29 is 4.79 Å². The highest BCUT2D eigenvalue weighted by Gasteiger charge is 2.22. The molecule has 0 spiro atoms. The molecule has 0 bridgehead atoms. The van der Waals surface area contributed by atoms with Crippen molar-refractivity contribution in [3.8, 4) is 5.69 Å². The van der Waals surface area contributed by atoms with Crippen LogP contribution in [-0.4, -0.2) is 55.2 Å². The first-order chi connectivity index (χ1) is 16.3. The number of nitrogens with zero attached hydrogens (tertiary/aromatic N) is 6. The minimum Gasteiger partial charge on any atom is -0.322 e. The van der Waals surface area contributed by atoms with Crippen LogP contribution < -0.4 is 5.32 Å². The number of benzene rings is 1. The number of aryl methyl sites for hydroxylation is 2. The average molecular weight is 484 g/mol. The van der Waals surface area contributed by atoms with Crippen LogP contribution in [0.2, 0.25) is 0 Å². The van der Waals surface area contributed by atoms with E-state index in [1.54, 1.807) is 0 Å². The Labute approximate surface area is 207 Å². The third-order valence-electron chi connectivity index (χ3n) is 5.96. The fourth-order valence-corrected chi connectivity index (χ4v) is 4.80. The van der Waals surface area contributed by atoms with Crippen molar-refractivity contribution in [1.29, 1.82) is 0 Å². The lowest BCUT2D eigenvalue weighted by atomic mass is 10.2. The van der Waals surface area contributed by atoms with E-state index in [1.165, 1.54) is 17.3 Å². The highest BCUT2D eigenvalue weighted by molar-refractivity contribution is 7.99. The number of hydrogen-bond donors (Lipinski definition) is 1. The van der Waals surface area contributed by atoms with Crippen molar-refractivity contribution in [2.75, 3.05) is 25.2 Å². The van der Waals surface area contributed by atoms with Crippen molar-refractivity contribution in [3.63, 3.8) is 0 Å². The smallest absolute Gasteiger partial charge is 0.234 e. The second-order valence-corrected chi connectivity index (χ2v) is 9.81. The van der Waals surface area contributed by atoms with Crippen LogP contribution in [0.25, 0.3) is 5.69 Å². The Bertz CT molecular complexity index is 1100. The molecule has 34 heavy (non-hydrogen) atoms. The van der Waals surface area contributed by atoms with Crippen molar-refractivity contribution >= 4 is 23.4 Å². The van der Waals surface area contributed by atoms with Gasteiger partial charge in [0, 0.05) is 6.54 Å². The SMILES string of the molecule is CCCCn1c(SCC(=O)Nc2c(C)nn(-c3ccc(C)cc3)c2C)nnc1C(CC)N(C)C. The monoisotopic (exact) mass is 483 g/mol. The molecule has 0 aliphatic heterocycles. The Hall–Kier alpha value is -2.65. The Morgan fingerprint density at radius 1 is 1.12 bits per heavy atom. The molecule has 2 aromatic heterocycles. The van der Waals surface area contributed by atoms with E-state index in [0.29, 0.717) is 0 Å². The number of amides is 1. The van der Waals surface area contributed by atoms with E-state index in [4.69, 9.17) is 0 Å². The number of aromatic nitrogens is 5. The number of anilines is 1. The lowest BCUT2D eigenvalue weighted by Crippen LogP contribution is -2.23. The number of thioether (sulfide) groups is 1. The van der Waals surface area contributed by atoms with Gasteiger partial charge in [0.15, 0.2) is 11.0 Å². The van der Waals surface area contributed by atoms with Gasteiger partial charge < -0.3 is 9.88 Å². The van der Waals surface area contributed by atoms with Gasteiger partial charge in [0.25, 0.3) is 0 Å². The molecule has 1 aromatic carbocycles. The number of hydrogen-bond acceptors (Lipinski definition) is 6. The summed E-state index contributed by atoms with van der Waals surface area (Å²) in [6, 6.07) is 8.39. The number of carbonyl (C=O) groups excluding carboxylic acids is 1. The first-order valence-corrected chi connectivity index (χ1v) is 12.9. The van der Waals surface area contributed by atoms with Gasteiger partial charge in [-0.15, -0.1) is 10.2 Å². The van der Waals surface area contributed by atoms with Gasteiger partial charge in [-0.3, -0.25) is 9.69 Å². The molecular weight excluding hydrogens is 446 g/mol. The van der Waals surface area contributed by atoms with E-state index in [-0.39, 0.29) is 17.7 Å². The molecule has 2 heterocycles. The molecule has 0 aliphatic carbocycles. The molecule has 0 saturated heterocycles. The van der Waals surface area contributed by atoms with Gasteiger partial charge in [-0.25, -0.2) is 4.68 Å². The first kappa shape index (κ1) is 26.0. The van der Waals surface area contributed by atoms with E-state index < -0.39 is 0 Å². The normalized spacial score (nSPS) is 12.4. The quantitative estimate of drug-likeness (QED) is 0.389. The predicted molar refractivity (Wildman–Crippen MR) is 139 cm³/mol. The average Bonchev–Trinajstić information content (AvgIpc) is 3.32. The molecule has 184 valence electrons. The lowest BCUT2D eigenvalue weighted by Gasteiger charge is -2.23. The highest BCUT2D eigenvalue weighted by Crippen LogP contribution is 2.27. The second kappa shape index (κ2) is 11.7. The van der Waals surface area contributed by atoms with E-state index in [2.05, 4.69) is 77.1 Å². The summed E-state index contributed by atoms with van der Waals surface area (Å²) in [5.41, 5.74) is 4.63. The molecule has 8 nitrogen and oxygen atoms in total. The summed E-state index contributed by atoms with van der Waals surface area (Å²) in [5.74, 6) is 1.15. The number of rotatable bonds is 11. The maximum Gasteiger partial charge on any atom is 0.234 e. The molecule has 1 atom stereocenters. The van der Waals surface area contributed by atoms with Gasteiger partial charge in [-0.05, 0) is 59.8 Å². The molecule has 1 amide bonds. The standard InChI is InChI=1S/C25H37N7OS/c1-8-10-15-31-24(21(9-2)30(6)7)27-28-25(31)34-16-22(33)26-23-18(4)29-32(19(23)5)20-13-11-17(3)12-14-20/h11-14,21H,8-10,15-16H2,1-7H3,(H,26,33). The molecule has 0 radical (unpaired) electrons. The van der Waals surface area contributed by atoms with Crippen LogP contribution in [0.3, 0.4) is 0 Å². The minimum atomic E-state index is -0.0779. The summed E-state index contributed by atoms with van der Waals surface area (Å²) >= 11 is 1.43. The summed E-state index contributed by atoms with van der Waals surface area (Å²) in [6.45, 7) is 11.1. The largest absolute Gasteiger partial charge is 0.322 e. The Morgan fingerprint density at radius 2 is 1.82 bits per heavy atom. The first-order valence-electron chi connectivity index (χ1n) is 11.9. The molecule has 3 aromatic rings. The zero-order valence-electron chi connectivity index (χ0n) is 21.4. The van der Waals surface area contributed by atoms with Gasteiger partial charge in [0.05, 0.1) is 34.6 Å². The van der Waals surface area contributed by atoms with Crippen molar-refractivity contribution in [1.82, 2.24) is 29.4 Å². The lowest BCUT2D eigenvalue weighted by molar-refractivity contribution is -0.113. The zero-order valence-corrected chi connectivity index (χ0v) is 22.2. The Morgan fingerprint density at radius 3 is 2.44 bits per heavy atom. The van der Waals surface area contributed by atoms with Gasteiger partial charge >= 0.3 is 0 Å². The van der Waals surface area contributed by atoms with E-state index in [0.717, 1.165) is 59.6 Å². The second-order valence-electron chi connectivity index (χ2n) is 8.86. The highest BCUT2D eigenvalue weighted by atomic mass is 32.2. The molecule has 0 saturated carbocycles. The van der Waals surface area contributed by atoms with Gasteiger partial charge in [0.2, 0.25) is 5.91 Å². The van der Waals surface area contributed by atoms with Crippen LogP contribution >= 0.6 is 11.8 Å². The van der Waals surface area contributed by atoms with Gasteiger partial charge in [-0.2, -0.15) is 5.10 Å². The van der Waals surface area contributed by atoms with Crippen molar-refractivity contribution in [3.05, 3.63) is 47.0 Å². The predicted octanol–water partition coefficient (Wildman–Crippen LogP) is 4.93. The topological polar surface area (TPSA) is 80.9 Å². The van der Waals surface area contributed by atoms with Crippen molar-refractivity contribution in [2.24, 2.45) is 0 Å². The molecule has 0 fully saturated rings. The zero-order chi connectivity index (χ0) is 24.8. The van der Waals surface area contributed by atoms with E-state index in [9.17, 15) is 4.79 Å². The number of nitrogens with one attached hydrogen (secondary N) is 1. The fourth-order valence-electron chi connectivity index (χ4n) is 4.02. The van der Waals surface area contributed by atoms with Gasteiger partial charge in [0.1, 0.15) is 0 Å². The summed E-state index contributed by atoms with van der Waals surface area (Å²) in [4.78, 5) is 15.0. The number of carbonyl (C=O) groups is 1. The van der Waals surface area contributed by atoms with Crippen LogP contribution in [0.15, 0.2) is 29.4 Å². The van der Waals surface area contributed by atoms with Crippen LogP contribution in [0, 0.1) is 20.8 Å². The molecule has 1 unspecified atom stereocenters. The van der Waals surface area contributed by atoms with Gasteiger partial charge in [-0.1, -0.05) is 49.7 Å². The Balaban J connectivity index is 1.73. The summed E-state index contributed by atoms with van der Waals surface area (Å²) in [5, 5.41) is 17.4. The fraction of sp³-hybridized carbons (Fsp3) is 0.520. The van der Waals surface area contributed by atoms with Crippen LogP contribution in [0.5, 0.6) is 0 Å². The molecular formula is C25H37N7OS. The van der Waals surface area contributed by atoms with Crippen LogP contribution in [0.1, 0.15) is 61.9 Å².